The summed E-state index contributed by atoms with van der Waals surface area (Å²) in [6, 6.07) is 11.7. The molecule has 0 bridgehead atoms. The highest BCUT2D eigenvalue weighted by Gasteiger charge is 2.13. The maximum atomic E-state index is 11.9. The van der Waals surface area contributed by atoms with Crippen LogP contribution in [0.3, 0.4) is 0 Å². The van der Waals surface area contributed by atoms with E-state index < -0.39 is 5.91 Å². The lowest BCUT2D eigenvalue weighted by Gasteiger charge is -2.19. The van der Waals surface area contributed by atoms with Crippen LogP contribution in [0.5, 0.6) is 17.2 Å². The average molecular weight is 377 g/mol. The number of ether oxygens (including phenoxy) is 3. The van der Waals surface area contributed by atoms with E-state index in [0.29, 0.717) is 41.2 Å². The Labute approximate surface area is 155 Å². The molecule has 1 aliphatic heterocycles. The molecule has 1 aliphatic rings. The number of fused-ring (bicyclic) bond motifs is 1. The predicted molar refractivity (Wildman–Crippen MR) is 96.0 cm³/mol. The molecule has 3 rings (SSSR count). The van der Waals surface area contributed by atoms with Crippen LogP contribution < -0.4 is 24.8 Å². The van der Waals surface area contributed by atoms with Gasteiger partial charge in [-0.05, 0) is 36.4 Å². The number of anilines is 1. The first kappa shape index (κ1) is 17.9. The van der Waals surface area contributed by atoms with Crippen LogP contribution in [0, 0.1) is 0 Å². The highest BCUT2D eigenvalue weighted by molar-refractivity contribution is 6.30. The summed E-state index contributed by atoms with van der Waals surface area (Å²) in [7, 11) is 0. The van der Waals surface area contributed by atoms with Gasteiger partial charge in [0.05, 0.1) is 6.54 Å². The second-order valence-corrected chi connectivity index (χ2v) is 5.86. The number of amides is 2. The number of carbonyl (C=O) groups is 2. The van der Waals surface area contributed by atoms with Gasteiger partial charge < -0.3 is 24.8 Å². The van der Waals surface area contributed by atoms with Gasteiger partial charge in [-0.3, -0.25) is 9.59 Å². The number of rotatable bonds is 6. The van der Waals surface area contributed by atoms with Gasteiger partial charge in [0.25, 0.3) is 5.91 Å². The van der Waals surface area contributed by atoms with Gasteiger partial charge in [0.2, 0.25) is 5.91 Å². The molecule has 136 valence electrons. The number of benzene rings is 2. The minimum absolute atomic E-state index is 0.169. The third kappa shape index (κ3) is 5.03. The molecule has 0 spiro atoms. The third-order valence-electron chi connectivity index (χ3n) is 3.46. The lowest BCUT2D eigenvalue weighted by molar-refractivity contribution is -0.125. The van der Waals surface area contributed by atoms with Gasteiger partial charge in [0, 0.05) is 16.8 Å². The largest absolute Gasteiger partial charge is 0.486 e. The first-order valence-corrected chi connectivity index (χ1v) is 8.32. The van der Waals surface area contributed by atoms with Gasteiger partial charge in [-0.1, -0.05) is 11.6 Å². The maximum Gasteiger partial charge on any atom is 0.258 e. The fourth-order valence-electron chi connectivity index (χ4n) is 2.24. The summed E-state index contributed by atoms with van der Waals surface area (Å²) in [4.78, 5) is 23.7. The Morgan fingerprint density at radius 2 is 1.73 bits per heavy atom. The molecule has 2 amide bonds. The van der Waals surface area contributed by atoms with Gasteiger partial charge in [0.1, 0.15) is 19.0 Å². The van der Waals surface area contributed by atoms with Crippen molar-refractivity contribution in [2.24, 2.45) is 0 Å². The number of hydrogen-bond donors (Lipinski definition) is 2. The van der Waals surface area contributed by atoms with Crippen molar-refractivity contribution in [2.45, 2.75) is 0 Å². The van der Waals surface area contributed by atoms with E-state index in [4.69, 9.17) is 25.8 Å². The third-order valence-corrected chi connectivity index (χ3v) is 3.71. The molecule has 0 aliphatic carbocycles. The smallest absolute Gasteiger partial charge is 0.258 e. The summed E-state index contributed by atoms with van der Waals surface area (Å²) in [5, 5.41) is 5.75. The quantitative estimate of drug-likeness (QED) is 0.807. The van der Waals surface area contributed by atoms with Crippen molar-refractivity contribution in [3.05, 3.63) is 47.5 Å². The molecule has 2 aromatic rings. The van der Waals surface area contributed by atoms with Crippen LogP contribution >= 0.6 is 11.6 Å². The summed E-state index contributed by atoms with van der Waals surface area (Å²) in [6.45, 7) is 0.604. The Morgan fingerprint density at radius 3 is 2.50 bits per heavy atom. The van der Waals surface area contributed by atoms with E-state index in [2.05, 4.69) is 10.6 Å². The minimum atomic E-state index is -0.405. The van der Waals surface area contributed by atoms with Crippen LogP contribution in [0.25, 0.3) is 0 Å². The second kappa shape index (κ2) is 8.44. The van der Waals surface area contributed by atoms with Crippen LogP contribution in [0.2, 0.25) is 5.02 Å². The minimum Gasteiger partial charge on any atom is -0.486 e. The Balaban J connectivity index is 1.42. The van der Waals surface area contributed by atoms with Crippen molar-refractivity contribution in [2.75, 3.05) is 31.7 Å². The lowest BCUT2D eigenvalue weighted by atomic mass is 10.2. The highest BCUT2D eigenvalue weighted by Crippen LogP contribution is 2.32. The van der Waals surface area contributed by atoms with Gasteiger partial charge in [0.15, 0.2) is 18.1 Å². The number of carbonyl (C=O) groups excluding carboxylic acids is 2. The van der Waals surface area contributed by atoms with Crippen LogP contribution in [0.1, 0.15) is 0 Å². The van der Waals surface area contributed by atoms with Crippen molar-refractivity contribution in [3.8, 4) is 17.2 Å². The molecule has 2 N–H and O–H groups in total. The Kier molecular flexibility index (Phi) is 5.80. The predicted octanol–water partition coefficient (Wildman–Crippen LogP) is 2.24. The number of nitrogens with one attached hydrogen (secondary N) is 2. The summed E-state index contributed by atoms with van der Waals surface area (Å²) in [5.74, 6) is 0.973. The molecule has 1 heterocycles. The number of halogens is 1. The summed E-state index contributed by atoms with van der Waals surface area (Å²) in [6.07, 6.45) is 0. The van der Waals surface area contributed by atoms with E-state index in [9.17, 15) is 9.59 Å². The molecule has 0 fully saturated rings. The van der Waals surface area contributed by atoms with E-state index in [1.807, 2.05) is 0 Å². The van der Waals surface area contributed by atoms with Crippen molar-refractivity contribution in [3.63, 3.8) is 0 Å². The van der Waals surface area contributed by atoms with Gasteiger partial charge in [-0.25, -0.2) is 0 Å². The molecule has 8 heteroatoms. The molecule has 0 radical (unpaired) electrons. The molecule has 0 aromatic heterocycles. The molecule has 0 atom stereocenters. The molecular weight excluding hydrogens is 360 g/mol. The standard InChI is InChI=1S/C18H17ClN2O5/c19-12-1-4-14(5-2-12)26-11-18(23)20-10-17(22)21-13-3-6-15-16(9-13)25-8-7-24-15/h1-6,9H,7-8,10-11H2,(H,20,23)(H,21,22). The summed E-state index contributed by atoms with van der Waals surface area (Å²) in [5.41, 5.74) is 0.561. The normalized spacial score (nSPS) is 12.2. The first-order chi connectivity index (χ1) is 12.6. The van der Waals surface area contributed by atoms with Crippen LogP contribution in [-0.4, -0.2) is 38.2 Å². The first-order valence-electron chi connectivity index (χ1n) is 7.95. The van der Waals surface area contributed by atoms with E-state index in [0.717, 1.165) is 0 Å². The molecule has 26 heavy (non-hydrogen) atoms. The maximum absolute atomic E-state index is 11.9. The molecule has 7 nitrogen and oxygen atoms in total. The van der Waals surface area contributed by atoms with E-state index >= 15 is 0 Å². The second-order valence-electron chi connectivity index (χ2n) is 5.43. The molecule has 0 saturated heterocycles. The highest BCUT2D eigenvalue weighted by atomic mass is 35.5. The van der Waals surface area contributed by atoms with Gasteiger partial charge >= 0.3 is 0 Å². The summed E-state index contributed by atoms with van der Waals surface area (Å²) < 4.78 is 16.2. The number of hydrogen-bond acceptors (Lipinski definition) is 5. The van der Waals surface area contributed by atoms with Gasteiger partial charge in [-0.2, -0.15) is 0 Å². The van der Waals surface area contributed by atoms with Crippen LogP contribution in [0.15, 0.2) is 42.5 Å². The molecule has 0 unspecified atom stereocenters. The van der Waals surface area contributed by atoms with E-state index in [1.54, 1.807) is 42.5 Å². The topological polar surface area (TPSA) is 85.9 Å². The zero-order chi connectivity index (χ0) is 18.4. The van der Waals surface area contributed by atoms with Crippen LogP contribution in [-0.2, 0) is 9.59 Å². The van der Waals surface area contributed by atoms with E-state index in [1.165, 1.54) is 0 Å². The van der Waals surface area contributed by atoms with Crippen molar-refractivity contribution in [1.82, 2.24) is 5.32 Å². The zero-order valence-corrected chi connectivity index (χ0v) is 14.5. The zero-order valence-electron chi connectivity index (χ0n) is 13.8. The Morgan fingerprint density at radius 1 is 1.00 bits per heavy atom. The Bertz CT molecular complexity index is 795. The fourth-order valence-corrected chi connectivity index (χ4v) is 2.36. The lowest BCUT2D eigenvalue weighted by Crippen LogP contribution is -2.35. The van der Waals surface area contributed by atoms with E-state index in [-0.39, 0.29) is 19.1 Å². The molecule has 0 saturated carbocycles. The molecule has 2 aromatic carbocycles. The van der Waals surface area contributed by atoms with Crippen molar-refractivity contribution < 1.29 is 23.8 Å². The molecular formula is C18H17ClN2O5. The van der Waals surface area contributed by atoms with Crippen LogP contribution in [0.4, 0.5) is 5.69 Å². The SMILES string of the molecule is O=C(COc1ccc(Cl)cc1)NCC(=O)Nc1ccc2c(c1)OCCO2. The monoisotopic (exact) mass is 376 g/mol. The summed E-state index contributed by atoms with van der Waals surface area (Å²) >= 11 is 5.77. The fraction of sp³-hybridized carbons (Fsp3) is 0.222. The van der Waals surface area contributed by atoms with Crippen molar-refractivity contribution in [1.29, 1.82) is 0 Å². The van der Waals surface area contributed by atoms with Gasteiger partial charge in [-0.15, -0.1) is 0 Å². The Hall–Kier alpha value is -2.93. The average Bonchev–Trinajstić information content (AvgIpc) is 2.66. The van der Waals surface area contributed by atoms with Crippen molar-refractivity contribution >= 4 is 29.1 Å².